The molecule has 0 saturated carbocycles. The van der Waals surface area contributed by atoms with Gasteiger partial charge in [-0.05, 0) is 40.9 Å². The van der Waals surface area contributed by atoms with Crippen LogP contribution in [-0.2, 0) is 9.53 Å². The van der Waals surface area contributed by atoms with Crippen molar-refractivity contribution in [2.24, 2.45) is 5.92 Å². The third kappa shape index (κ3) is 7.65. The Morgan fingerprint density at radius 3 is 2.50 bits per heavy atom. The molecule has 4 heteroatoms. The first-order chi connectivity index (χ1) is 7.47. The van der Waals surface area contributed by atoms with E-state index in [-0.39, 0.29) is 11.9 Å². The van der Waals surface area contributed by atoms with Crippen LogP contribution in [0.3, 0.4) is 0 Å². The van der Waals surface area contributed by atoms with Gasteiger partial charge in [0.15, 0.2) is 0 Å². The summed E-state index contributed by atoms with van der Waals surface area (Å²) in [6.45, 7) is 8.07. The van der Waals surface area contributed by atoms with Gasteiger partial charge in [-0.25, -0.2) is 0 Å². The van der Waals surface area contributed by atoms with Gasteiger partial charge in [-0.2, -0.15) is 0 Å². The first-order valence-electron chi connectivity index (χ1n) is 6.02. The molecule has 0 heterocycles. The summed E-state index contributed by atoms with van der Waals surface area (Å²) in [4.78, 5) is 13.5. The van der Waals surface area contributed by atoms with E-state index >= 15 is 0 Å². The van der Waals surface area contributed by atoms with Crippen LogP contribution in [-0.4, -0.2) is 50.7 Å². The topological polar surface area (TPSA) is 41.6 Å². The summed E-state index contributed by atoms with van der Waals surface area (Å²) in [6.07, 6.45) is 1.09. The van der Waals surface area contributed by atoms with Crippen LogP contribution in [0.1, 0.15) is 27.2 Å². The molecule has 0 rings (SSSR count). The second-order valence-electron chi connectivity index (χ2n) is 4.55. The van der Waals surface area contributed by atoms with E-state index in [0.717, 1.165) is 13.0 Å². The Labute approximate surface area is 99.3 Å². The highest BCUT2D eigenvalue weighted by atomic mass is 16.5. The molecular formula is C12H26N2O2. The zero-order valence-corrected chi connectivity index (χ0v) is 11.2. The molecule has 0 amide bonds. The quantitative estimate of drug-likeness (QED) is 0.634. The van der Waals surface area contributed by atoms with Gasteiger partial charge >= 0.3 is 5.97 Å². The number of rotatable bonds is 8. The van der Waals surface area contributed by atoms with E-state index in [1.807, 2.05) is 13.8 Å². The molecule has 0 radical (unpaired) electrons. The predicted molar refractivity (Wildman–Crippen MR) is 66.4 cm³/mol. The van der Waals surface area contributed by atoms with Crippen molar-refractivity contribution in [3.05, 3.63) is 0 Å². The van der Waals surface area contributed by atoms with Gasteiger partial charge in [-0.15, -0.1) is 0 Å². The Morgan fingerprint density at radius 2 is 2.00 bits per heavy atom. The van der Waals surface area contributed by atoms with Gasteiger partial charge in [0.05, 0.1) is 12.5 Å². The highest BCUT2D eigenvalue weighted by Gasteiger charge is 2.14. The molecular weight excluding hydrogens is 204 g/mol. The smallest absolute Gasteiger partial charge is 0.309 e. The lowest BCUT2D eigenvalue weighted by Crippen LogP contribution is -2.35. The van der Waals surface area contributed by atoms with Crippen LogP contribution < -0.4 is 5.32 Å². The second kappa shape index (κ2) is 8.53. The van der Waals surface area contributed by atoms with Gasteiger partial charge in [0, 0.05) is 12.6 Å². The molecule has 96 valence electrons. The van der Waals surface area contributed by atoms with E-state index in [9.17, 15) is 4.79 Å². The lowest BCUT2D eigenvalue weighted by atomic mass is 10.1. The van der Waals surface area contributed by atoms with Crippen LogP contribution in [0.2, 0.25) is 0 Å². The fourth-order valence-corrected chi connectivity index (χ4v) is 1.30. The van der Waals surface area contributed by atoms with Gasteiger partial charge in [0.25, 0.3) is 0 Å². The molecule has 0 bridgehead atoms. The maximum atomic E-state index is 11.4. The standard InChI is InChI=1S/C12H26N2O2/c1-6-16-12(15)10(2)9-13-11(3)7-8-14(4)5/h10-11,13H,6-9H2,1-5H3. The lowest BCUT2D eigenvalue weighted by Gasteiger charge is -2.18. The van der Waals surface area contributed by atoms with Crippen LogP contribution in [0.25, 0.3) is 0 Å². The Balaban J connectivity index is 3.65. The Hall–Kier alpha value is -0.610. The molecule has 0 aromatic carbocycles. The normalized spacial score (nSPS) is 14.9. The predicted octanol–water partition coefficient (Wildman–Crippen LogP) is 1.12. The molecule has 4 nitrogen and oxygen atoms in total. The van der Waals surface area contributed by atoms with Gasteiger partial charge in [0.2, 0.25) is 0 Å². The minimum Gasteiger partial charge on any atom is -0.466 e. The van der Waals surface area contributed by atoms with Crippen LogP contribution in [0, 0.1) is 5.92 Å². The average Bonchev–Trinajstić information content (AvgIpc) is 2.23. The first kappa shape index (κ1) is 15.4. The maximum absolute atomic E-state index is 11.4. The van der Waals surface area contributed by atoms with Crippen molar-refractivity contribution in [1.82, 2.24) is 10.2 Å². The average molecular weight is 230 g/mol. The number of carbonyl (C=O) groups excluding carboxylic acids is 1. The van der Waals surface area contributed by atoms with Crippen molar-refractivity contribution in [1.29, 1.82) is 0 Å². The van der Waals surface area contributed by atoms with Gasteiger partial charge in [0.1, 0.15) is 0 Å². The number of esters is 1. The molecule has 1 N–H and O–H groups in total. The van der Waals surface area contributed by atoms with Crippen LogP contribution in [0.4, 0.5) is 0 Å². The molecule has 0 fully saturated rings. The third-order valence-electron chi connectivity index (χ3n) is 2.47. The maximum Gasteiger partial charge on any atom is 0.309 e. The molecule has 0 aliphatic carbocycles. The van der Waals surface area contributed by atoms with Gasteiger partial charge < -0.3 is 15.0 Å². The monoisotopic (exact) mass is 230 g/mol. The molecule has 2 atom stereocenters. The zero-order valence-electron chi connectivity index (χ0n) is 11.2. The molecule has 16 heavy (non-hydrogen) atoms. The van der Waals surface area contributed by atoms with E-state index in [1.54, 1.807) is 0 Å². The van der Waals surface area contributed by atoms with Gasteiger partial charge in [-0.3, -0.25) is 4.79 Å². The number of hydrogen-bond donors (Lipinski definition) is 1. The van der Waals surface area contributed by atoms with E-state index in [2.05, 4.69) is 31.2 Å². The fourth-order valence-electron chi connectivity index (χ4n) is 1.30. The van der Waals surface area contributed by atoms with E-state index < -0.39 is 0 Å². The lowest BCUT2D eigenvalue weighted by molar-refractivity contribution is -0.147. The Morgan fingerprint density at radius 1 is 1.38 bits per heavy atom. The molecule has 0 aromatic rings. The molecule has 0 aromatic heterocycles. The summed E-state index contributed by atoms with van der Waals surface area (Å²) in [5.74, 6) is -0.184. The largest absolute Gasteiger partial charge is 0.466 e. The van der Waals surface area contributed by atoms with E-state index in [0.29, 0.717) is 19.2 Å². The number of nitrogens with one attached hydrogen (secondary N) is 1. The summed E-state index contributed by atoms with van der Waals surface area (Å²) < 4.78 is 4.95. The summed E-state index contributed by atoms with van der Waals surface area (Å²) in [6, 6.07) is 0.430. The van der Waals surface area contributed by atoms with Crippen molar-refractivity contribution in [3.63, 3.8) is 0 Å². The highest BCUT2D eigenvalue weighted by molar-refractivity contribution is 5.72. The molecule has 0 aliphatic rings. The van der Waals surface area contributed by atoms with Crippen LogP contribution >= 0.6 is 0 Å². The van der Waals surface area contributed by atoms with Crippen molar-refractivity contribution in [2.45, 2.75) is 33.2 Å². The third-order valence-corrected chi connectivity index (χ3v) is 2.47. The van der Waals surface area contributed by atoms with E-state index in [4.69, 9.17) is 4.74 Å². The molecule has 2 unspecified atom stereocenters. The van der Waals surface area contributed by atoms with Crippen molar-refractivity contribution in [2.75, 3.05) is 33.8 Å². The SMILES string of the molecule is CCOC(=O)C(C)CNC(C)CCN(C)C. The van der Waals surface area contributed by atoms with E-state index in [1.165, 1.54) is 0 Å². The van der Waals surface area contributed by atoms with Crippen molar-refractivity contribution < 1.29 is 9.53 Å². The molecule has 0 spiro atoms. The summed E-state index contributed by atoms with van der Waals surface area (Å²) in [5.41, 5.74) is 0. The molecule has 0 saturated heterocycles. The zero-order chi connectivity index (χ0) is 12.6. The number of hydrogen-bond acceptors (Lipinski definition) is 4. The van der Waals surface area contributed by atoms with Gasteiger partial charge in [-0.1, -0.05) is 6.92 Å². The van der Waals surface area contributed by atoms with Crippen molar-refractivity contribution in [3.8, 4) is 0 Å². The number of carbonyl (C=O) groups is 1. The molecule has 0 aliphatic heterocycles. The first-order valence-corrected chi connectivity index (χ1v) is 6.02. The summed E-state index contributed by atoms with van der Waals surface area (Å²) in [7, 11) is 4.13. The summed E-state index contributed by atoms with van der Waals surface area (Å²) >= 11 is 0. The number of nitrogens with zero attached hydrogens (tertiary/aromatic N) is 1. The Bertz CT molecular complexity index is 195. The Kier molecular flexibility index (Phi) is 8.21. The van der Waals surface area contributed by atoms with Crippen LogP contribution in [0.15, 0.2) is 0 Å². The van der Waals surface area contributed by atoms with Crippen molar-refractivity contribution >= 4 is 5.97 Å². The fraction of sp³-hybridized carbons (Fsp3) is 0.917. The summed E-state index contributed by atoms with van der Waals surface area (Å²) in [5, 5.41) is 3.35. The minimum absolute atomic E-state index is 0.0678. The highest BCUT2D eigenvalue weighted by Crippen LogP contribution is 1.99. The van der Waals surface area contributed by atoms with Crippen LogP contribution in [0.5, 0.6) is 0 Å². The second-order valence-corrected chi connectivity index (χ2v) is 4.55. The number of ether oxygens (including phenoxy) is 1. The minimum atomic E-state index is -0.116.